The number of ether oxygens (including phenoxy) is 2. The van der Waals surface area contributed by atoms with Gasteiger partial charge in [-0.25, -0.2) is 8.42 Å². The van der Waals surface area contributed by atoms with Crippen molar-refractivity contribution < 1.29 is 35.9 Å². The maximum absolute atomic E-state index is 12.6. The van der Waals surface area contributed by atoms with E-state index in [1.54, 1.807) is 12.1 Å². The van der Waals surface area contributed by atoms with Crippen LogP contribution in [0.5, 0.6) is 11.5 Å². The largest absolute Gasteiger partial charge is 0.573 e. The lowest BCUT2D eigenvalue weighted by molar-refractivity contribution is -0.274. The monoisotopic (exact) mass is 446 g/mol. The van der Waals surface area contributed by atoms with Crippen LogP contribution in [0.1, 0.15) is 13.8 Å². The van der Waals surface area contributed by atoms with E-state index in [9.17, 15) is 26.4 Å². The molecule has 0 bridgehead atoms. The summed E-state index contributed by atoms with van der Waals surface area (Å²) >= 11 is 0. The highest BCUT2D eigenvalue weighted by Gasteiger charge is 2.31. The number of hydrogen-bond acceptors (Lipinski definition) is 5. The van der Waals surface area contributed by atoms with Gasteiger partial charge in [0.05, 0.1) is 18.6 Å². The highest BCUT2D eigenvalue weighted by Crippen LogP contribution is 2.26. The summed E-state index contributed by atoms with van der Waals surface area (Å²) in [5.74, 6) is -0.563. The Morgan fingerprint density at radius 3 is 2.07 bits per heavy atom. The van der Waals surface area contributed by atoms with E-state index in [2.05, 4.69) is 10.1 Å². The van der Waals surface area contributed by atoms with Crippen LogP contribution in [-0.4, -0.2) is 39.6 Å². The van der Waals surface area contributed by atoms with Crippen LogP contribution in [0.2, 0.25) is 0 Å². The molecule has 0 aromatic heterocycles. The second kappa shape index (κ2) is 9.24. The van der Waals surface area contributed by atoms with Gasteiger partial charge in [0.25, 0.3) is 0 Å². The Bertz CT molecular complexity index is 961. The van der Waals surface area contributed by atoms with Gasteiger partial charge in [-0.15, -0.1) is 13.2 Å². The van der Waals surface area contributed by atoms with E-state index in [0.29, 0.717) is 12.4 Å². The molecule has 2 rings (SSSR count). The molecule has 30 heavy (non-hydrogen) atoms. The Kier molecular flexibility index (Phi) is 7.19. The summed E-state index contributed by atoms with van der Waals surface area (Å²) in [5.41, 5.74) is 0.444. The summed E-state index contributed by atoms with van der Waals surface area (Å²) in [5, 5.41) is 2.48. The predicted molar refractivity (Wildman–Crippen MR) is 106 cm³/mol. The van der Waals surface area contributed by atoms with Crippen molar-refractivity contribution in [1.29, 1.82) is 0 Å². The molecule has 0 aliphatic heterocycles. The van der Waals surface area contributed by atoms with Crippen LogP contribution in [0.3, 0.4) is 0 Å². The molecule has 0 aliphatic rings. The smallest absolute Gasteiger partial charge is 0.494 e. The fourth-order valence-electron chi connectivity index (χ4n) is 2.65. The zero-order chi connectivity index (χ0) is 22.5. The molecular formula is C19H21F3N2O5S. The highest BCUT2D eigenvalue weighted by molar-refractivity contribution is 7.92. The molecule has 2 aromatic carbocycles. The van der Waals surface area contributed by atoms with Crippen LogP contribution < -0.4 is 19.1 Å². The molecule has 1 N–H and O–H groups in total. The molecule has 11 heteroatoms. The third-order valence-corrected chi connectivity index (χ3v) is 5.09. The SMILES string of the molecule is CCOc1ccc(N([C@@H](C)C(=O)Nc2ccc(OC(F)(F)F)cc2)S(C)(=O)=O)cc1. The third-order valence-electron chi connectivity index (χ3n) is 3.85. The fraction of sp³-hybridized carbons (Fsp3) is 0.316. The van der Waals surface area contributed by atoms with Crippen molar-refractivity contribution >= 4 is 27.3 Å². The molecule has 0 heterocycles. The minimum atomic E-state index is -4.83. The molecule has 0 fully saturated rings. The number of anilines is 2. The van der Waals surface area contributed by atoms with Gasteiger partial charge >= 0.3 is 6.36 Å². The molecule has 1 amide bonds. The summed E-state index contributed by atoms with van der Waals surface area (Å²) < 4.78 is 71.3. The molecule has 2 aromatic rings. The van der Waals surface area contributed by atoms with Gasteiger partial charge in [-0.3, -0.25) is 9.10 Å². The molecule has 164 valence electrons. The Hall–Kier alpha value is -2.95. The molecule has 7 nitrogen and oxygen atoms in total. The topological polar surface area (TPSA) is 84.9 Å². The second-order valence-electron chi connectivity index (χ2n) is 6.22. The highest BCUT2D eigenvalue weighted by atomic mass is 32.2. The number of hydrogen-bond donors (Lipinski definition) is 1. The van der Waals surface area contributed by atoms with E-state index in [0.717, 1.165) is 22.7 Å². The summed E-state index contributed by atoms with van der Waals surface area (Å²) in [4.78, 5) is 12.6. The predicted octanol–water partition coefficient (Wildman–Crippen LogP) is 3.78. The number of rotatable bonds is 8. The van der Waals surface area contributed by atoms with Crippen molar-refractivity contribution in [3.63, 3.8) is 0 Å². The Morgan fingerprint density at radius 1 is 1.07 bits per heavy atom. The zero-order valence-corrected chi connectivity index (χ0v) is 17.3. The maximum atomic E-state index is 12.6. The summed E-state index contributed by atoms with van der Waals surface area (Å²) in [6.45, 7) is 3.65. The van der Waals surface area contributed by atoms with Crippen LogP contribution in [0.25, 0.3) is 0 Å². The van der Waals surface area contributed by atoms with Crippen molar-refractivity contribution in [1.82, 2.24) is 0 Å². The van der Waals surface area contributed by atoms with Gasteiger partial charge in [-0.05, 0) is 62.4 Å². The first-order valence-corrected chi connectivity index (χ1v) is 10.6. The van der Waals surface area contributed by atoms with E-state index in [4.69, 9.17) is 4.74 Å². The number of nitrogens with one attached hydrogen (secondary N) is 1. The molecule has 0 aliphatic carbocycles. The van der Waals surface area contributed by atoms with Crippen molar-refractivity contribution in [2.24, 2.45) is 0 Å². The minimum absolute atomic E-state index is 0.182. The number of amides is 1. The normalized spacial score (nSPS) is 12.7. The van der Waals surface area contributed by atoms with Gasteiger partial charge in [-0.2, -0.15) is 0 Å². The Balaban J connectivity index is 2.18. The molecule has 0 unspecified atom stereocenters. The molecule has 0 saturated carbocycles. The van der Waals surface area contributed by atoms with Gasteiger partial charge < -0.3 is 14.8 Å². The second-order valence-corrected chi connectivity index (χ2v) is 8.08. The van der Waals surface area contributed by atoms with E-state index in [-0.39, 0.29) is 11.4 Å². The zero-order valence-electron chi connectivity index (χ0n) is 16.4. The van der Waals surface area contributed by atoms with E-state index < -0.39 is 34.1 Å². The first kappa shape index (κ1) is 23.3. The summed E-state index contributed by atoms with van der Waals surface area (Å²) in [6, 6.07) is 9.56. The Morgan fingerprint density at radius 2 is 1.60 bits per heavy atom. The standard InChI is InChI=1S/C19H21F3N2O5S/c1-4-28-16-11-7-15(8-12-16)24(30(3,26)27)13(2)18(25)23-14-5-9-17(10-6-14)29-19(20,21)22/h5-13H,4H2,1-3H3,(H,23,25)/t13-/m0/s1. The average molecular weight is 446 g/mol. The number of sulfonamides is 1. The van der Waals surface area contributed by atoms with E-state index >= 15 is 0 Å². The van der Waals surface area contributed by atoms with Crippen molar-refractivity contribution in [3.8, 4) is 11.5 Å². The number of carbonyl (C=O) groups excluding carboxylic acids is 1. The van der Waals surface area contributed by atoms with E-state index in [1.165, 1.54) is 31.2 Å². The van der Waals surface area contributed by atoms with Crippen LogP contribution in [-0.2, 0) is 14.8 Å². The summed E-state index contributed by atoms with van der Waals surface area (Å²) in [6.07, 6.45) is -3.86. The van der Waals surface area contributed by atoms with Gasteiger partial charge in [0.1, 0.15) is 17.5 Å². The number of carbonyl (C=O) groups is 1. The molecule has 0 saturated heterocycles. The number of nitrogens with zero attached hydrogens (tertiary/aromatic N) is 1. The molecule has 0 radical (unpaired) electrons. The number of benzene rings is 2. The van der Waals surface area contributed by atoms with Crippen molar-refractivity contribution in [2.45, 2.75) is 26.3 Å². The third kappa shape index (κ3) is 6.55. The number of halogens is 3. The van der Waals surface area contributed by atoms with Crippen LogP contribution in [0.15, 0.2) is 48.5 Å². The minimum Gasteiger partial charge on any atom is -0.494 e. The lowest BCUT2D eigenvalue weighted by atomic mass is 10.2. The van der Waals surface area contributed by atoms with Crippen LogP contribution >= 0.6 is 0 Å². The van der Waals surface area contributed by atoms with Crippen molar-refractivity contribution in [2.75, 3.05) is 22.5 Å². The number of alkyl halides is 3. The van der Waals surface area contributed by atoms with Gasteiger partial charge in [0.2, 0.25) is 15.9 Å². The first-order chi connectivity index (χ1) is 13.9. The van der Waals surface area contributed by atoms with Crippen LogP contribution in [0.4, 0.5) is 24.5 Å². The Labute approximate surface area is 172 Å². The molecular weight excluding hydrogens is 425 g/mol. The van der Waals surface area contributed by atoms with Crippen molar-refractivity contribution in [3.05, 3.63) is 48.5 Å². The summed E-state index contributed by atoms with van der Waals surface area (Å²) in [7, 11) is -3.82. The quantitative estimate of drug-likeness (QED) is 0.667. The van der Waals surface area contributed by atoms with E-state index in [1.807, 2.05) is 6.92 Å². The first-order valence-electron chi connectivity index (χ1n) is 8.79. The van der Waals surface area contributed by atoms with Gasteiger partial charge in [-0.1, -0.05) is 0 Å². The van der Waals surface area contributed by atoms with Crippen LogP contribution in [0, 0.1) is 0 Å². The maximum Gasteiger partial charge on any atom is 0.573 e. The molecule has 0 spiro atoms. The van der Waals surface area contributed by atoms with Gasteiger partial charge in [0.15, 0.2) is 0 Å². The molecule has 1 atom stereocenters. The lowest BCUT2D eigenvalue weighted by Crippen LogP contribution is -2.45. The van der Waals surface area contributed by atoms with Gasteiger partial charge in [0, 0.05) is 5.69 Å². The average Bonchev–Trinajstić information content (AvgIpc) is 2.63. The lowest BCUT2D eigenvalue weighted by Gasteiger charge is -2.28. The fourth-order valence-corrected chi connectivity index (χ4v) is 3.83.